The highest BCUT2D eigenvalue weighted by Gasteiger charge is 2.23. The molecule has 1 amide bonds. The molecular weight excluding hydrogens is 340 g/mol. The van der Waals surface area contributed by atoms with Crippen LogP contribution in [0.25, 0.3) is 0 Å². The van der Waals surface area contributed by atoms with Crippen molar-refractivity contribution in [2.75, 3.05) is 43.4 Å². The molecule has 1 heterocycles. The quantitative estimate of drug-likeness (QED) is 0.843. The van der Waals surface area contributed by atoms with E-state index in [4.69, 9.17) is 10.5 Å². The number of rotatable bonds is 4. The van der Waals surface area contributed by atoms with E-state index < -0.39 is 0 Å². The number of aryl methyl sites for hydroxylation is 1. The van der Waals surface area contributed by atoms with Crippen molar-refractivity contribution in [2.45, 2.75) is 13.8 Å². The Bertz CT molecular complexity index is 880. The third-order valence-corrected chi connectivity index (χ3v) is 5.02. The molecule has 0 unspecified atom stereocenters. The van der Waals surface area contributed by atoms with Crippen molar-refractivity contribution in [2.24, 2.45) is 0 Å². The molecule has 1 aliphatic heterocycles. The lowest BCUT2D eigenvalue weighted by Gasteiger charge is -2.36. The third kappa shape index (κ3) is 4.14. The average molecular weight is 364 g/mol. The van der Waals surface area contributed by atoms with E-state index in [1.165, 1.54) is 0 Å². The molecule has 0 spiro atoms. The van der Waals surface area contributed by atoms with E-state index in [2.05, 4.69) is 11.0 Å². The molecular formula is C21H24N4O2. The number of hydrogen-bond acceptors (Lipinski definition) is 5. The maximum Gasteiger partial charge on any atom is 0.260 e. The Labute approximate surface area is 159 Å². The zero-order chi connectivity index (χ0) is 19.4. The Kier molecular flexibility index (Phi) is 5.51. The molecule has 6 heteroatoms. The van der Waals surface area contributed by atoms with Gasteiger partial charge in [0.1, 0.15) is 11.8 Å². The maximum atomic E-state index is 12.5. The summed E-state index contributed by atoms with van der Waals surface area (Å²) >= 11 is 0. The molecule has 2 N–H and O–H groups in total. The zero-order valence-electron chi connectivity index (χ0n) is 15.7. The van der Waals surface area contributed by atoms with Crippen molar-refractivity contribution in [1.29, 1.82) is 5.26 Å². The van der Waals surface area contributed by atoms with Crippen molar-refractivity contribution in [1.82, 2.24) is 4.90 Å². The first-order valence-corrected chi connectivity index (χ1v) is 9.01. The predicted molar refractivity (Wildman–Crippen MR) is 106 cm³/mol. The Balaban J connectivity index is 1.57. The van der Waals surface area contributed by atoms with Crippen LogP contribution in [-0.2, 0) is 4.79 Å². The Hall–Kier alpha value is -3.20. The van der Waals surface area contributed by atoms with E-state index in [1.54, 1.807) is 12.1 Å². The predicted octanol–water partition coefficient (Wildman–Crippen LogP) is 2.48. The summed E-state index contributed by atoms with van der Waals surface area (Å²) in [5.74, 6) is 0.732. The Morgan fingerprint density at radius 1 is 1.19 bits per heavy atom. The van der Waals surface area contributed by atoms with Crippen molar-refractivity contribution in [3.05, 3.63) is 53.1 Å². The fourth-order valence-corrected chi connectivity index (χ4v) is 3.23. The molecule has 1 fully saturated rings. The third-order valence-electron chi connectivity index (χ3n) is 5.02. The number of amides is 1. The summed E-state index contributed by atoms with van der Waals surface area (Å²) in [6.07, 6.45) is 0. The minimum Gasteiger partial charge on any atom is -0.483 e. The van der Waals surface area contributed by atoms with Gasteiger partial charge in [-0.25, -0.2) is 0 Å². The summed E-state index contributed by atoms with van der Waals surface area (Å²) in [7, 11) is 0. The van der Waals surface area contributed by atoms with Crippen LogP contribution in [0.15, 0.2) is 36.4 Å². The highest BCUT2D eigenvalue weighted by Crippen LogP contribution is 2.24. The maximum absolute atomic E-state index is 12.5. The van der Waals surface area contributed by atoms with Crippen molar-refractivity contribution in [3.8, 4) is 11.8 Å². The van der Waals surface area contributed by atoms with Gasteiger partial charge in [0.15, 0.2) is 6.61 Å². The number of nitrogens with zero attached hydrogens (tertiary/aromatic N) is 3. The first kappa shape index (κ1) is 18.6. The van der Waals surface area contributed by atoms with Gasteiger partial charge in [0, 0.05) is 31.9 Å². The molecule has 27 heavy (non-hydrogen) atoms. The lowest BCUT2D eigenvalue weighted by Crippen LogP contribution is -2.50. The fraction of sp³-hybridized carbons (Fsp3) is 0.333. The number of piperazine rings is 1. The number of hydrogen-bond donors (Lipinski definition) is 1. The molecule has 2 aromatic carbocycles. The van der Waals surface area contributed by atoms with Crippen molar-refractivity contribution >= 4 is 17.3 Å². The van der Waals surface area contributed by atoms with E-state index in [1.807, 2.05) is 43.0 Å². The Morgan fingerprint density at radius 2 is 1.93 bits per heavy atom. The number of nitriles is 1. The van der Waals surface area contributed by atoms with Crippen LogP contribution < -0.4 is 15.4 Å². The SMILES string of the molecule is Cc1cccc(OCC(=O)N2CCN(c3ccc(N)cc3C#N)CC2)c1C. The lowest BCUT2D eigenvalue weighted by atomic mass is 10.1. The van der Waals surface area contributed by atoms with Crippen LogP contribution in [0.5, 0.6) is 5.75 Å². The molecule has 0 aliphatic carbocycles. The minimum absolute atomic E-state index is 0.0200. The van der Waals surface area contributed by atoms with Gasteiger partial charge >= 0.3 is 0 Å². The monoisotopic (exact) mass is 364 g/mol. The molecule has 0 saturated carbocycles. The molecule has 0 radical (unpaired) electrons. The van der Waals surface area contributed by atoms with Gasteiger partial charge in [-0.1, -0.05) is 12.1 Å². The second-order valence-electron chi connectivity index (χ2n) is 6.74. The molecule has 140 valence electrons. The van der Waals surface area contributed by atoms with Crippen LogP contribution in [-0.4, -0.2) is 43.6 Å². The van der Waals surface area contributed by atoms with E-state index in [-0.39, 0.29) is 12.5 Å². The number of nitrogen functional groups attached to an aromatic ring is 1. The topological polar surface area (TPSA) is 82.6 Å². The van der Waals surface area contributed by atoms with Crippen LogP contribution in [0.3, 0.4) is 0 Å². The number of ether oxygens (including phenoxy) is 1. The zero-order valence-corrected chi connectivity index (χ0v) is 15.7. The highest BCUT2D eigenvalue weighted by atomic mass is 16.5. The number of nitrogens with two attached hydrogens (primary N) is 1. The molecule has 0 atom stereocenters. The highest BCUT2D eigenvalue weighted by molar-refractivity contribution is 5.78. The number of anilines is 2. The largest absolute Gasteiger partial charge is 0.483 e. The summed E-state index contributed by atoms with van der Waals surface area (Å²) in [6, 6.07) is 13.4. The average Bonchev–Trinajstić information content (AvgIpc) is 2.69. The molecule has 0 aromatic heterocycles. The molecule has 1 saturated heterocycles. The summed E-state index contributed by atoms with van der Waals surface area (Å²) < 4.78 is 5.73. The van der Waals surface area contributed by atoms with E-state index in [0.29, 0.717) is 37.4 Å². The fourth-order valence-electron chi connectivity index (χ4n) is 3.23. The van der Waals surface area contributed by atoms with Gasteiger partial charge in [0.2, 0.25) is 0 Å². The summed E-state index contributed by atoms with van der Waals surface area (Å²) in [5.41, 5.74) is 9.97. The second-order valence-corrected chi connectivity index (χ2v) is 6.74. The van der Waals surface area contributed by atoms with E-state index in [0.717, 1.165) is 22.6 Å². The van der Waals surface area contributed by atoms with Gasteiger partial charge in [0.25, 0.3) is 5.91 Å². The number of carbonyl (C=O) groups excluding carboxylic acids is 1. The molecule has 1 aliphatic rings. The Morgan fingerprint density at radius 3 is 2.63 bits per heavy atom. The van der Waals surface area contributed by atoms with Crippen LogP contribution >= 0.6 is 0 Å². The summed E-state index contributed by atoms with van der Waals surface area (Å²) in [4.78, 5) is 16.4. The molecule has 3 rings (SSSR count). The smallest absolute Gasteiger partial charge is 0.260 e. The first-order valence-electron chi connectivity index (χ1n) is 9.01. The van der Waals surface area contributed by atoms with Gasteiger partial charge in [-0.2, -0.15) is 5.26 Å². The van der Waals surface area contributed by atoms with Crippen molar-refractivity contribution in [3.63, 3.8) is 0 Å². The lowest BCUT2D eigenvalue weighted by molar-refractivity contribution is -0.133. The normalized spacial score (nSPS) is 14.0. The van der Waals surface area contributed by atoms with E-state index >= 15 is 0 Å². The van der Waals surface area contributed by atoms with Gasteiger partial charge < -0.3 is 20.3 Å². The number of carbonyl (C=O) groups is 1. The number of benzene rings is 2. The van der Waals surface area contributed by atoms with Gasteiger partial charge in [-0.3, -0.25) is 4.79 Å². The van der Waals surface area contributed by atoms with E-state index in [9.17, 15) is 10.1 Å². The second kappa shape index (κ2) is 8.00. The summed E-state index contributed by atoms with van der Waals surface area (Å²) in [5, 5.41) is 9.32. The van der Waals surface area contributed by atoms with Gasteiger partial charge in [-0.15, -0.1) is 0 Å². The standard InChI is InChI=1S/C21H24N4O2/c1-15-4-3-5-20(16(15)2)27-14-21(26)25-10-8-24(9-11-25)19-7-6-18(23)12-17(19)13-22/h3-7,12H,8-11,14,23H2,1-2H3. The van der Waals surface area contributed by atoms with Gasteiger partial charge in [0.05, 0.1) is 11.3 Å². The first-order chi connectivity index (χ1) is 13.0. The van der Waals surface area contributed by atoms with Crippen LogP contribution in [0.2, 0.25) is 0 Å². The summed E-state index contributed by atoms with van der Waals surface area (Å²) in [6.45, 7) is 6.61. The van der Waals surface area contributed by atoms with Crippen molar-refractivity contribution < 1.29 is 9.53 Å². The molecule has 0 bridgehead atoms. The molecule has 6 nitrogen and oxygen atoms in total. The van der Waals surface area contributed by atoms with Crippen LogP contribution in [0.4, 0.5) is 11.4 Å². The van der Waals surface area contributed by atoms with Crippen LogP contribution in [0, 0.1) is 25.2 Å². The van der Waals surface area contributed by atoms with Crippen LogP contribution in [0.1, 0.15) is 16.7 Å². The minimum atomic E-state index is -0.0200. The van der Waals surface area contributed by atoms with Gasteiger partial charge in [-0.05, 0) is 49.2 Å². The molecule has 2 aromatic rings.